The van der Waals surface area contributed by atoms with Crippen LogP contribution in [0.1, 0.15) is 27.6 Å². The number of ketones is 1. The Balaban J connectivity index is 1.72. The van der Waals surface area contributed by atoms with Crippen LogP contribution in [0.2, 0.25) is 0 Å². The Labute approximate surface area is 150 Å². The molecule has 0 atom stereocenters. The summed E-state index contributed by atoms with van der Waals surface area (Å²) in [4.78, 5) is 23.8. The Morgan fingerprint density at radius 1 is 0.880 bits per heavy atom. The molecule has 0 aliphatic rings. The minimum atomic E-state index is -0.269. The maximum atomic E-state index is 12.5. The van der Waals surface area contributed by atoms with Gasteiger partial charge in [-0.15, -0.1) is 0 Å². The summed E-state index contributed by atoms with van der Waals surface area (Å²) in [5.41, 5.74) is 1.89. The van der Waals surface area contributed by atoms with Crippen molar-refractivity contribution in [2.24, 2.45) is 0 Å². The summed E-state index contributed by atoms with van der Waals surface area (Å²) in [6.07, 6.45) is 0. The number of amides is 1. The summed E-state index contributed by atoms with van der Waals surface area (Å²) in [5.74, 6) is -0.270. The molecule has 0 saturated carbocycles. The number of Topliss-reactive ketones (excluding diaryl/α,β-unsaturated/α-hetero) is 1. The molecule has 2 N–H and O–H groups in total. The molecule has 0 spiro atoms. The maximum absolute atomic E-state index is 12.5. The van der Waals surface area contributed by atoms with Gasteiger partial charge in [0.25, 0.3) is 5.91 Å². The highest BCUT2D eigenvalue weighted by molar-refractivity contribution is 7.80. The number of thiocarbonyl (C=S) groups is 1. The first-order valence-electron chi connectivity index (χ1n) is 7.76. The normalized spacial score (nSPS) is 10.3. The average Bonchev–Trinajstić information content (AvgIpc) is 2.61. The number of carbonyl (C=O) groups excluding carboxylic acids is 2. The first-order chi connectivity index (χ1) is 12.0. The van der Waals surface area contributed by atoms with Crippen molar-refractivity contribution in [2.75, 3.05) is 5.32 Å². The number of benzene rings is 3. The maximum Gasteiger partial charge on any atom is 0.258 e. The fourth-order valence-corrected chi connectivity index (χ4v) is 2.76. The van der Waals surface area contributed by atoms with Gasteiger partial charge in [0.2, 0.25) is 0 Å². The van der Waals surface area contributed by atoms with Crippen molar-refractivity contribution in [1.82, 2.24) is 5.32 Å². The molecule has 3 aromatic carbocycles. The zero-order valence-electron chi connectivity index (χ0n) is 13.6. The minimum Gasteiger partial charge on any atom is -0.332 e. The van der Waals surface area contributed by atoms with E-state index in [-0.39, 0.29) is 16.8 Å². The summed E-state index contributed by atoms with van der Waals surface area (Å²) < 4.78 is 0. The molecule has 0 bridgehead atoms. The topological polar surface area (TPSA) is 58.2 Å². The molecule has 0 aliphatic heterocycles. The van der Waals surface area contributed by atoms with Crippen molar-refractivity contribution in [2.45, 2.75) is 6.92 Å². The molecule has 5 heteroatoms. The highest BCUT2D eigenvalue weighted by Crippen LogP contribution is 2.18. The van der Waals surface area contributed by atoms with E-state index in [1.54, 1.807) is 30.3 Å². The van der Waals surface area contributed by atoms with E-state index in [4.69, 9.17) is 12.2 Å². The van der Waals surface area contributed by atoms with Gasteiger partial charge >= 0.3 is 0 Å². The zero-order valence-corrected chi connectivity index (χ0v) is 14.4. The van der Waals surface area contributed by atoms with Crippen LogP contribution in [0.4, 0.5) is 5.69 Å². The lowest BCUT2D eigenvalue weighted by Crippen LogP contribution is -2.34. The lowest BCUT2D eigenvalue weighted by atomic mass is 10.0. The molecule has 124 valence electrons. The van der Waals surface area contributed by atoms with Gasteiger partial charge in [0, 0.05) is 16.8 Å². The third kappa shape index (κ3) is 3.89. The predicted molar refractivity (Wildman–Crippen MR) is 104 cm³/mol. The van der Waals surface area contributed by atoms with Crippen molar-refractivity contribution < 1.29 is 9.59 Å². The van der Waals surface area contributed by atoms with E-state index < -0.39 is 0 Å². The molecule has 3 aromatic rings. The largest absolute Gasteiger partial charge is 0.332 e. The summed E-state index contributed by atoms with van der Waals surface area (Å²) in [6, 6.07) is 20.2. The molecule has 0 unspecified atom stereocenters. The van der Waals surface area contributed by atoms with Crippen LogP contribution >= 0.6 is 12.2 Å². The number of rotatable bonds is 3. The Bertz CT molecular complexity index is 960. The van der Waals surface area contributed by atoms with Gasteiger partial charge in [-0.25, -0.2) is 0 Å². The second-order valence-corrected chi connectivity index (χ2v) is 5.98. The van der Waals surface area contributed by atoms with Gasteiger partial charge in [-0.3, -0.25) is 14.9 Å². The van der Waals surface area contributed by atoms with E-state index >= 15 is 0 Å². The van der Waals surface area contributed by atoms with Gasteiger partial charge < -0.3 is 5.32 Å². The molecule has 4 nitrogen and oxygen atoms in total. The molecule has 0 fully saturated rings. The van der Waals surface area contributed by atoms with E-state index in [1.165, 1.54) is 6.92 Å². The number of fused-ring (bicyclic) bond motifs is 1. The van der Waals surface area contributed by atoms with Crippen molar-refractivity contribution in [1.29, 1.82) is 0 Å². The summed E-state index contributed by atoms with van der Waals surface area (Å²) in [6.45, 7) is 1.51. The van der Waals surface area contributed by atoms with Gasteiger partial charge in [0.1, 0.15) is 0 Å². The molecule has 3 rings (SSSR count). The third-order valence-electron chi connectivity index (χ3n) is 3.81. The smallest absolute Gasteiger partial charge is 0.258 e. The first kappa shape index (κ1) is 16.8. The Hall–Kier alpha value is -3.05. The monoisotopic (exact) mass is 348 g/mol. The van der Waals surface area contributed by atoms with Crippen molar-refractivity contribution in [3.63, 3.8) is 0 Å². The number of anilines is 1. The summed E-state index contributed by atoms with van der Waals surface area (Å²) in [5, 5.41) is 7.70. The van der Waals surface area contributed by atoms with Crippen LogP contribution in [0, 0.1) is 0 Å². The zero-order chi connectivity index (χ0) is 17.8. The Morgan fingerprint density at radius 2 is 1.56 bits per heavy atom. The first-order valence-corrected chi connectivity index (χ1v) is 8.16. The second-order valence-electron chi connectivity index (χ2n) is 5.57. The van der Waals surface area contributed by atoms with Gasteiger partial charge in [-0.05, 0) is 60.2 Å². The molecule has 0 heterocycles. The van der Waals surface area contributed by atoms with Crippen LogP contribution in [0.25, 0.3) is 10.8 Å². The number of carbonyl (C=O) groups is 2. The molecule has 1 amide bonds. The fourth-order valence-electron chi connectivity index (χ4n) is 2.54. The highest BCUT2D eigenvalue weighted by Gasteiger charge is 2.11. The van der Waals surface area contributed by atoms with Crippen LogP contribution in [0.3, 0.4) is 0 Å². The van der Waals surface area contributed by atoms with Crippen LogP contribution in [-0.2, 0) is 0 Å². The van der Waals surface area contributed by atoms with E-state index in [0.29, 0.717) is 16.8 Å². The van der Waals surface area contributed by atoms with Gasteiger partial charge in [-0.1, -0.05) is 36.4 Å². The molecular weight excluding hydrogens is 332 g/mol. The molecule has 0 aliphatic carbocycles. The lowest BCUT2D eigenvalue weighted by Gasteiger charge is -2.11. The highest BCUT2D eigenvalue weighted by atomic mass is 32.1. The van der Waals surface area contributed by atoms with Crippen molar-refractivity contribution in [3.05, 3.63) is 77.9 Å². The summed E-state index contributed by atoms with van der Waals surface area (Å²) in [7, 11) is 0. The second kappa shape index (κ2) is 7.23. The quantitative estimate of drug-likeness (QED) is 0.551. The molecule has 0 radical (unpaired) electrons. The van der Waals surface area contributed by atoms with E-state index in [0.717, 1.165) is 10.8 Å². The van der Waals surface area contributed by atoms with E-state index in [9.17, 15) is 9.59 Å². The lowest BCUT2D eigenvalue weighted by molar-refractivity contribution is 0.0977. The fraction of sp³-hybridized carbons (Fsp3) is 0.0500. The van der Waals surface area contributed by atoms with E-state index in [1.807, 2.05) is 36.4 Å². The molecular formula is C20H16N2O2S. The average molecular weight is 348 g/mol. The van der Waals surface area contributed by atoms with Gasteiger partial charge in [-0.2, -0.15) is 0 Å². The number of hydrogen-bond acceptors (Lipinski definition) is 3. The minimum absolute atomic E-state index is 0.00150. The van der Waals surface area contributed by atoms with Crippen molar-refractivity contribution >= 4 is 45.5 Å². The van der Waals surface area contributed by atoms with Gasteiger partial charge in [0.05, 0.1) is 0 Å². The van der Waals surface area contributed by atoms with Crippen LogP contribution < -0.4 is 10.6 Å². The van der Waals surface area contributed by atoms with Crippen LogP contribution in [0.5, 0.6) is 0 Å². The number of hydrogen-bond donors (Lipinski definition) is 2. The Morgan fingerprint density at radius 3 is 2.28 bits per heavy atom. The van der Waals surface area contributed by atoms with Gasteiger partial charge in [0.15, 0.2) is 10.9 Å². The molecule has 25 heavy (non-hydrogen) atoms. The predicted octanol–water partition coefficient (Wildman–Crippen LogP) is 4.17. The standard InChI is InChI=1S/C20H16N2O2S/c1-13(23)14-9-11-16(12-10-14)21-20(25)22-19(24)18-8-4-6-15-5-2-3-7-17(15)18/h2-12H,1H3,(H2,21,22,24,25). The van der Waals surface area contributed by atoms with Crippen molar-refractivity contribution in [3.8, 4) is 0 Å². The molecule has 0 aromatic heterocycles. The van der Waals surface area contributed by atoms with Crippen LogP contribution in [-0.4, -0.2) is 16.8 Å². The van der Waals surface area contributed by atoms with Crippen LogP contribution in [0.15, 0.2) is 66.7 Å². The Kier molecular flexibility index (Phi) is 4.86. The number of nitrogens with one attached hydrogen (secondary N) is 2. The third-order valence-corrected chi connectivity index (χ3v) is 4.01. The SMILES string of the molecule is CC(=O)c1ccc(NC(=S)NC(=O)c2cccc3ccccc23)cc1. The molecule has 0 saturated heterocycles. The summed E-state index contributed by atoms with van der Waals surface area (Å²) >= 11 is 5.21. The van der Waals surface area contributed by atoms with E-state index in [2.05, 4.69) is 10.6 Å².